The molecule has 1 aliphatic heterocycles. The predicted molar refractivity (Wildman–Crippen MR) is 90.7 cm³/mol. The summed E-state index contributed by atoms with van der Waals surface area (Å²) in [5.74, 6) is -1.17. The van der Waals surface area contributed by atoms with Crippen LogP contribution in [0.1, 0.15) is 11.1 Å². The molecule has 0 bridgehead atoms. The molecule has 2 aromatic carbocycles. The molecule has 24 heavy (non-hydrogen) atoms. The Kier molecular flexibility index (Phi) is 3.81. The summed E-state index contributed by atoms with van der Waals surface area (Å²) in [6.07, 6.45) is 0. The summed E-state index contributed by atoms with van der Waals surface area (Å²) in [4.78, 5) is 12.7. The van der Waals surface area contributed by atoms with Crippen LogP contribution in [0.3, 0.4) is 0 Å². The van der Waals surface area contributed by atoms with E-state index in [2.05, 4.69) is 5.32 Å². The van der Waals surface area contributed by atoms with Crippen LogP contribution in [-0.2, 0) is 14.8 Å². The molecule has 2 aromatic rings. The van der Waals surface area contributed by atoms with Crippen molar-refractivity contribution < 1.29 is 18.3 Å². The number of aliphatic hydroxyl groups excluding tert-OH is 1. The Bertz CT molecular complexity index is 964. The number of aliphatic hydroxyl groups is 1. The zero-order valence-corrected chi connectivity index (χ0v) is 14.0. The van der Waals surface area contributed by atoms with Gasteiger partial charge in [-0.15, -0.1) is 0 Å². The van der Waals surface area contributed by atoms with Crippen LogP contribution in [0.2, 0.25) is 0 Å². The maximum Gasteiger partial charge on any atom is 0.266 e. The topological polar surface area (TPSA) is 86.7 Å². The Labute approximate surface area is 140 Å². The van der Waals surface area contributed by atoms with E-state index in [1.54, 1.807) is 24.3 Å². The fraction of sp³-hybridized carbons (Fsp3) is 0.118. The number of sulfonamides is 1. The Morgan fingerprint density at radius 3 is 2.42 bits per heavy atom. The van der Waals surface area contributed by atoms with Gasteiger partial charge in [0.05, 0.1) is 4.90 Å². The molecule has 0 fully saturated rings. The molecular weight excluding hydrogens is 328 g/mol. The minimum absolute atomic E-state index is 0.0137. The van der Waals surface area contributed by atoms with E-state index in [0.29, 0.717) is 9.99 Å². The van der Waals surface area contributed by atoms with Crippen LogP contribution < -0.4 is 5.32 Å². The van der Waals surface area contributed by atoms with E-state index in [1.807, 2.05) is 19.1 Å². The third-order valence-corrected chi connectivity index (χ3v) is 5.74. The van der Waals surface area contributed by atoms with Crippen molar-refractivity contribution in [2.45, 2.75) is 11.8 Å². The number of para-hydroxylation sites is 1. The van der Waals surface area contributed by atoms with Crippen LogP contribution in [0.15, 0.2) is 59.3 Å². The first-order chi connectivity index (χ1) is 11.3. The van der Waals surface area contributed by atoms with E-state index in [1.165, 1.54) is 19.2 Å². The number of amides is 1. The van der Waals surface area contributed by atoms with Gasteiger partial charge in [-0.2, -0.15) is 0 Å². The number of hydrogen-bond donors (Lipinski definition) is 2. The second-order valence-corrected chi connectivity index (χ2v) is 7.37. The van der Waals surface area contributed by atoms with Crippen molar-refractivity contribution in [3.05, 3.63) is 65.5 Å². The second kappa shape index (κ2) is 5.68. The van der Waals surface area contributed by atoms with E-state index in [4.69, 9.17) is 0 Å². The highest BCUT2D eigenvalue weighted by Gasteiger charge is 2.37. The first kappa shape index (κ1) is 16.1. The standard InChI is InChI=1S/C17H16N2O4S/c1-11-7-3-5-9-13(11)18-16(20)15-12-8-4-6-10-14(12)24(22,23)19(2)17(15)21/h3-10,21H,1-2H3,(H,18,20). The molecule has 1 amide bonds. The highest BCUT2D eigenvalue weighted by Crippen LogP contribution is 2.35. The molecule has 0 saturated carbocycles. The van der Waals surface area contributed by atoms with Gasteiger partial charge in [0.15, 0.2) is 0 Å². The summed E-state index contributed by atoms with van der Waals surface area (Å²) in [7, 11) is -2.66. The van der Waals surface area contributed by atoms with E-state index in [9.17, 15) is 18.3 Å². The van der Waals surface area contributed by atoms with E-state index in [0.717, 1.165) is 5.56 Å². The average molecular weight is 344 g/mol. The van der Waals surface area contributed by atoms with Crippen LogP contribution in [-0.4, -0.2) is 30.8 Å². The number of nitrogens with zero attached hydrogens (tertiary/aromatic N) is 1. The summed E-state index contributed by atoms with van der Waals surface area (Å²) < 4.78 is 25.5. The van der Waals surface area contributed by atoms with Gasteiger partial charge >= 0.3 is 0 Å². The SMILES string of the molecule is Cc1ccccc1NC(=O)C1=C(O)N(C)S(=O)(=O)c2ccccc21. The minimum Gasteiger partial charge on any atom is -0.493 e. The van der Waals surface area contributed by atoms with Crippen LogP contribution >= 0.6 is 0 Å². The van der Waals surface area contributed by atoms with Crippen molar-refractivity contribution in [3.8, 4) is 0 Å². The number of carbonyl (C=O) groups excluding carboxylic acids is 1. The molecular formula is C17H16N2O4S. The summed E-state index contributed by atoms with van der Waals surface area (Å²) in [6, 6.07) is 13.3. The summed E-state index contributed by atoms with van der Waals surface area (Å²) in [5, 5.41) is 13.0. The van der Waals surface area contributed by atoms with Crippen LogP contribution in [0.4, 0.5) is 5.69 Å². The first-order valence-corrected chi connectivity index (χ1v) is 8.66. The van der Waals surface area contributed by atoms with E-state index in [-0.39, 0.29) is 16.0 Å². The number of anilines is 1. The zero-order valence-electron chi connectivity index (χ0n) is 13.1. The molecule has 7 heteroatoms. The molecule has 0 saturated heterocycles. The molecule has 1 heterocycles. The van der Waals surface area contributed by atoms with Gasteiger partial charge in [-0.3, -0.25) is 4.79 Å². The summed E-state index contributed by atoms with van der Waals surface area (Å²) in [5.41, 5.74) is 1.55. The van der Waals surface area contributed by atoms with Crippen molar-refractivity contribution in [1.29, 1.82) is 0 Å². The van der Waals surface area contributed by atoms with Gasteiger partial charge in [0.2, 0.25) is 5.88 Å². The maximum atomic E-state index is 12.7. The molecule has 3 rings (SSSR count). The van der Waals surface area contributed by atoms with Gasteiger partial charge in [-0.25, -0.2) is 12.7 Å². The Balaban J connectivity index is 2.11. The molecule has 2 N–H and O–H groups in total. The lowest BCUT2D eigenvalue weighted by Gasteiger charge is -2.27. The monoisotopic (exact) mass is 344 g/mol. The maximum absolute atomic E-state index is 12.7. The first-order valence-electron chi connectivity index (χ1n) is 7.22. The molecule has 0 unspecified atom stereocenters. The van der Waals surface area contributed by atoms with E-state index >= 15 is 0 Å². The van der Waals surface area contributed by atoms with E-state index < -0.39 is 21.8 Å². The molecule has 124 valence electrons. The van der Waals surface area contributed by atoms with Crippen molar-refractivity contribution >= 4 is 27.2 Å². The quantitative estimate of drug-likeness (QED) is 0.876. The number of hydrogen-bond acceptors (Lipinski definition) is 4. The summed E-state index contributed by atoms with van der Waals surface area (Å²) in [6.45, 7) is 1.84. The number of benzene rings is 2. The molecule has 0 spiro atoms. The molecule has 0 aliphatic carbocycles. The van der Waals surface area contributed by atoms with Crippen molar-refractivity contribution in [2.75, 3.05) is 12.4 Å². The van der Waals surface area contributed by atoms with Gasteiger partial charge in [-0.1, -0.05) is 36.4 Å². The third kappa shape index (κ3) is 2.43. The van der Waals surface area contributed by atoms with Gasteiger partial charge in [0.1, 0.15) is 5.57 Å². The van der Waals surface area contributed by atoms with Crippen LogP contribution in [0.25, 0.3) is 5.57 Å². The largest absolute Gasteiger partial charge is 0.493 e. The Morgan fingerprint density at radius 2 is 1.71 bits per heavy atom. The number of aryl methyl sites for hydroxylation is 1. The lowest BCUT2D eigenvalue weighted by Crippen LogP contribution is -2.34. The van der Waals surface area contributed by atoms with Crippen LogP contribution in [0, 0.1) is 6.92 Å². The zero-order chi connectivity index (χ0) is 17.5. The van der Waals surface area contributed by atoms with Gasteiger partial charge < -0.3 is 10.4 Å². The molecule has 0 aromatic heterocycles. The normalized spacial score (nSPS) is 15.8. The highest BCUT2D eigenvalue weighted by molar-refractivity contribution is 7.89. The van der Waals surface area contributed by atoms with Gasteiger partial charge in [0.25, 0.3) is 15.9 Å². The summed E-state index contributed by atoms with van der Waals surface area (Å²) >= 11 is 0. The second-order valence-electron chi connectivity index (χ2n) is 5.44. The Hall–Kier alpha value is -2.80. The average Bonchev–Trinajstić information content (AvgIpc) is 2.55. The number of nitrogens with one attached hydrogen (secondary N) is 1. The molecule has 6 nitrogen and oxygen atoms in total. The smallest absolute Gasteiger partial charge is 0.266 e. The van der Waals surface area contributed by atoms with Gasteiger partial charge in [0, 0.05) is 18.3 Å². The lowest BCUT2D eigenvalue weighted by molar-refractivity contribution is -0.111. The molecule has 1 aliphatic rings. The van der Waals surface area contributed by atoms with Crippen molar-refractivity contribution in [3.63, 3.8) is 0 Å². The molecule has 0 radical (unpaired) electrons. The fourth-order valence-electron chi connectivity index (χ4n) is 2.56. The fourth-order valence-corrected chi connectivity index (χ4v) is 3.87. The number of rotatable bonds is 2. The lowest BCUT2D eigenvalue weighted by atomic mass is 10.0. The Morgan fingerprint density at radius 1 is 1.08 bits per heavy atom. The number of fused-ring (bicyclic) bond motifs is 1. The van der Waals surface area contributed by atoms with Crippen molar-refractivity contribution in [1.82, 2.24) is 4.31 Å². The van der Waals surface area contributed by atoms with Crippen LogP contribution in [0.5, 0.6) is 0 Å². The minimum atomic E-state index is -3.87. The third-order valence-electron chi connectivity index (χ3n) is 3.94. The highest BCUT2D eigenvalue weighted by atomic mass is 32.2. The van der Waals surface area contributed by atoms with Crippen molar-refractivity contribution in [2.24, 2.45) is 0 Å². The molecule has 0 atom stereocenters. The predicted octanol–water partition coefficient (Wildman–Crippen LogP) is 2.49. The number of carbonyl (C=O) groups is 1. The van der Waals surface area contributed by atoms with Gasteiger partial charge in [-0.05, 0) is 24.6 Å².